The average Bonchev–Trinajstić information content (AvgIpc) is 2.17. The second-order valence-electron chi connectivity index (χ2n) is 5.13. The number of nitrogens with two attached hydrogens (primary N) is 1. The Kier molecular flexibility index (Phi) is 6.80. The Labute approximate surface area is 95.2 Å². The van der Waals surface area contributed by atoms with Crippen LogP contribution in [0.5, 0.6) is 0 Å². The molecule has 0 aromatic carbocycles. The molecule has 86 valence electrons. The summed E-state index contributed by atoms with van der Waals surface area (Å²) in [6.07, 6.45) is 5.71. The van der Waals surface area contributed by atoms with Crippen LogP contribution in [0.4, 0.5) is 0 Å². The second-order valence-corrected chi connectivity index (χ2v) is 5.13. The molecule has 1 unspecified atom stereocenters. The summed E-state index contributed by atoms with van der Waals surface area (Å²) in [5.41, 5.74) is 5.70. The normalized spacial score (nSPS) is 29.8. The van der Waals surface area contributed by atoms with E-state index in [-0.39, 0.29) is 12.4 Å². The van der Waals surface area contributed by atoms with Crippen molar-refractivity contribution in [2.45, 2.75) is 46.5 Å². The van der Waals surface area contributed by atoms with Crippen LogP contribution in [0, 0.1) is 23.7 Å². The molecule has 1 rings (SSSR count). The van der Waals surface area contributed by atoms with Gasteiger partial charge < -0.3 is 5.73 Å². The van der Waals surface area contributed by atoms with E-state index in [2.05, 4.69) is 20.8 Å². The lowest BCUT2D eigenvalue weighted by molar-refractivity contribution is 0.185. The van der Waals surface area contributed by atoms with Crippen LogP contribution in [0.25, 0.3) is 0 Å². The molecule has 14 heavy (non-hydrogen) atoms. The maximum atomic E-state index is 5.70. The van der Waals surface area contributed by atoms with Gasteiger partial charge in [-0.3, -0.25) is 0 Å². The Morgan fingerprint density at radius 1 is 1.00 bits per heavy atom. The number of hydrogen-bond donors (Lipinski definition) is 1. The molecule has 0 saturated heterocycles. The molecule has 1 saturated carbocycles. The SMILES string of the molecule is CC(C)C1CCC(C(C)CN)CC1.Cl. The van der Waals surface area contributed by atoms with Gasteiger partial charge in [0.2, 0.25) is 0 Å². The van der Waals surface area contributed by atoms with Gasteiger partial charge >= 0.3 is 0 Å². The molecule has 0 radical (unpaired) electrons. The summed E-state index contributed by atoms with van der Waals surface area (Å²) in [7, 11) is 0. The molecule has 0 aromatic heterocycles. The van der Waals surface area contributed by atoms with Gasteiger partial charge in [-0.05, 0) is 55.9 Å². The van der Waals surface area contributed by atoms with Gasteiger partial charge in [0.05, 0.1) is 0 Å². The van der Waals surface area contributed by atoms with Crippen molar-refractivity contribution < 1.29 is 0 Å². The molecular formula is C12H26ClN. The highest BCUT2D eigenvalue weighted by Crippen LogP contribution is 2.36. The zero-order valence-electron chi connectivity index (χ0n) is 9.83. The van der Waals surface area contributed by atoms with Crippen molar-refractivity contribution >= 4 is 12.4 Å². The molecule has 1 aliphatic carbocycles. The van der Waals surface area contributed by atoms with Crippen molar-refractivity contribution in [1.29, 1.82) is 0 Å². The summed E-state index contributed by atoms with van der Waals surface area (Å²) in [6.45, 7) is 7.89. The van der Waals surface area contributed by atoms with Crippen LogP contribution in [0.3, 0.4) is 0 Å². The second kappa shape index (κ2) is 6.68. The molecule has 1 fully saturated rings. The first-order valence-electron chi connectivity index (χ1n) is 5.85. The smallest absolute Gasteiger partial charge is 0.00489 e. The van der Waals surface area contributed by atoms with Crippen molar-refractivity contribution in [1.82, 2.24) is 0 Å². The number of rotatable bonds is 3. The standard InChI is InChI=1S/C12H25N.ClH/c1-9(2)11-4-6-12(7-5-11)10(3)8-13;/h9-12H,4-8,13H2,1-3H3;1H. The summed E-state index contributed by atoms with van der Waals surface area (Å²) in [4.78, 5) is 0. The minimum atomic E-state index is 0. The van der Waals surface area contributed by atoms with E-state index < -0.39 is 0 Å². The van der Waals surface area contributed by atoms with Gasteiger partial charge in [-0.2, -0.15) is 0 Å². The van der Waals surface area contributed by atoms with Gasteiger partial charge in [0, 0.05) is 0 Å². The lowest BCUT2D eigenvalue weighted by atomic mass is 9.73. The molecule has 0 spiro atoms. The monoisotopic (exact) mass is 219 g/mol. The van der Waals surface area contributed by atoms with Gasteiger partial charge in [-0.1, -0.05) is 20.8 Å². The largest absolute Gasteiger partial charge is 0.330 e. The Bertz CT molecular complexity index is 139. The Morgan fingerprint density at radius 3 is 1.79 bits per heavy atom. The van der Waals surface area contributed by atoms with Crippen molar-refractivity contribution in [3.63, 3.8) is 0 Å². The molecule has 0 aromatic rings. The first-order chi connectivity index (χ1) is 6.15. The maximum Gasteiger partial charge on any atom is -0.00489 e. The third-order valence-corrected chi connectivity index (χ3v) is 3.94. The fourth-order valence-corrected chi connectivity index (χ4v) is 2.57. The first-order valence-corrected chi connectivity index (χ1v) is 5.85. The maximum absolute atomic E-state index is 5.70. The zero-order valence-corrected chi connectivity index (χ0v) is 10.6. The lowest BCUT2D eigenvalue weighted by Gasteiger charge is -2.33. The van der Waals surface area contributed by atoms with Crippen molar-refractivity contribution in [3.05, 3.63) is 0 Å². The quantitative estimate of drug-likeness (QED) is 0.773. The highest BCUT2D eigenvalue weighted by Gasteiger charge is 2.25. The van der Waals surface area contributed by atoms with Crippen LogP contribution in [-0.2, 0) is 0 Å². The fourth-order valence-electron chi connectivity index (χ4n) is 2.57. The summed E-state index contributed by atoms with van der Waals surface area (Å²) < 4.78 is 0. The van der Waals surface area contributed by atoms with Gasteiger partial charge in [0.15, 0.2) is 0 Å². The van der Waals surface area contributed by atoms with Gasteiger partial charge in [0.1, 0.15) is 0 Å². The number of halogens is 1. The molecule has 1 nitrogen and oxygen atoms in total. The van der Waals surface area contributed by atoms with E-state index in [9.17, 15) is 0 Å². The Hall–Kier alpha value is 0.250. The topological polar surface area (TPSA) is 26.0 Å². The fraction of sp³-hybridized carbons (Fsp3) is 1.00. The molecule has 0 aliphatic heterocycles. The lowest BCUT2D eigenvalue weighted by Crippen LogP contribution is -2.26. The van der Waals surface area contributed by atoms with Crippen LogP contribution in [0.15, 0.2) is 0 Å². The van der Waals surface area contributed by atoms with Crippen LogP contribution < -0.4 is 5.73 Å². The molecule has 2 N–H and O–H groups in total. The van der Waals surface area contributed by atoms with E-state index in [0.29, 0.717) is 0 Å². The zero-order chi connectivity index (χ0) is 9.84. The van der Waals surface area contributed by atoms with E-state index in [1.807, 2.05) is 0 Å². The van der Waals surface area contributed by atoms with E-state index in [1.165, 1.54) is 25.7 Å². The molecule has 2 heteroatoms. The molecular weight excluding hydrogens is 194 g/mol. The van der Waals surface area contributed by atoms with Crippen LogP contribution in [0.2, 0.25) is 0 Å². The van der Waals surface area contributed by atoms with E-state index in [4.69, 9.17) is 5.73 Å². The van der Waals surface area contributed by atoms with E-state index in [0.717, 1.165) is 30.2 Å². The summed E-state index contributed by atoms with van der Waals surface area (Å²) in [6, 6.07) is 0. The number of hydrogen-bond acceptors (Lipinski definition) is 1. The summed E-state index contributed by atoms with van der Waals surface area (Å²) >= 11 is 0. The molecule has 0 heterocycles. The van der Waals surface area contributed by atoms with Crippen LogP contribution in [-0.4, -0.2) is 6.54 Å². The minimum Gasteiger partial charge on any atom is -0.330 e. The van der Waals surface area contributed by atoms with Crippen LogP contribution in [0.1, 0.15) is 46.5 Å². The van der Waals surface area contributed by atoms with Gasteiger partial charge in [0.25, 0.3) is 0 Å². The minimum absolute atomic E-state index is 0. The predicted molar refractivity (Wildman–Crippen MR) is 65.8 cm³/mol. The summed E-state index contributed by atoms with van der Waals surface area (Å²) in [5, 5.41) is 0. The highest BCUT2D eigenvalue weighted by atomic mass is 35.5. The molecule has 1 aliphatic rings. The average molecular weight is 220 g/mol. The van der Waals surface area contributed by atoms with Crippen LogP contribution >= 0.6 is 12.4 Å². The molecule has 1 atom stereocenters. The van der Waals surface area contributed by atoms with Crippen molar-refractivity contribution in [2.24, 2.45) is 29.4 Å². The van der Waals surface area contributed by atoms with Crippen molar-refractivity contribution in [2.75, 3.05) is 6.54 Å². The predicted octanol–water partition coefficient (Wildman–Crippen LogP) is 3.47. The highest BCUT2D eigenvalue weighted by molar-refractivity contribution is 5.85. The molecule has 0 amide bonds. The van der Waals surface area contributed by atoms with Gasteiger partial charge in [-0.15, -0.1) is 12.4 Å². The third-order valence-electron chi connectivity index (χ3n) is 3.94. The first kappa shape index (κ1) is 14.2. The van der Waals surface area contributed by atoms with E-state index in [1.54, 1.807) is 0 Å². The Balaban J connectivity index is 0.00000169. The Morgan fingerprint density at radius 2 is 1.43 bits per heavy atom. The third kappa shape index (κ3) is 3.78. The summed E-state index contributed by atoms with van der Waals surface area (Å²) in [5.74, 6) is 3.53. The van der Waals surface area contributed by atoms with Crippen molar-refractivity contribution in [3.8, 4) is 0 Å². The van der Waals surface area contributed by atoms with Gasteiger partial charge in [-0.25, -0.2) is 0 Å². The molecule has 0 bridgehead atoms. The van der Waals surface area contributed by atoms with E-state index >= 15 is 0 Å².